The highest BCUT2D eigenvalue weighted by atomic mass is 16.2. The van der Waals surface area contributed by atoms with Crippen LogP contribution < -0.4 is 0 Å². The second-order valence-electron chi connectivity index (χ2n) is 8.55. The molecular formula is C27H26N4O. The molecule has 0 bridgehead atoms. The number of pyridine rings is 1. The van der Waals surface area contributed by atoms with E-state index in [9.17, 15) is 4.79 Å². The van der Waals surface area contributed by atoms with Crippen molar-refractivity contribution in [3.63, 3.8) is 0 Å². The van der Waals surface area contributed by atoms with Crippen LogP contribution >= 0.6 is 0 Å². The molecule has 1 saturated heterocycles. The predicted molar refractivity (Wildman–Crippen MR) is 127 cm³/mol. The Labute approximate surface area is 188 Å². The molecule has 5 heteroatoms. The summed E-state index contributed by atoms with van der Waals surface area (Å²) in [4.78, 5) is 28.3. The van der Waals surface area contributed by atoms with E-state index in [1.54, 1.807) is 12.4 Å². The van der Waals surface area contributed by atoms with E-state index in [1.807, 2.05) is 29.3 Å². The van der Waals surface area contributed by atoms with Gasteiger partial charge in [-0.25, -0.2) is 0 Å². The number of fused-ring (bicyclic) bond motifs is 1. The topological polar surface area (TPSA) is 59.0 Å². The van der Waals surface area contributed by atoms with Gasteiger partial charge in [-0.05, 0) is 67.6 Å². The zero-order valence-corrected chi connectivity index (χ0v) is 18.5. The molecule has 1 aliphatic heterocycles. The largest absolute Gasteiger partial charge is 0.339 e. The van der Waals surface area contributed by atoms with Crippen LogP contribution in [-0.4, -0.2) is 38.8 Å². The maximum absolute atomic E-state index is 13.0. The van der Waals surface area contributed by atoms with Crippen molar-refractivity contribution in [3.8, 4) is 11.1 Å². The van der Waals surface area contributed by atoms with Crippen molar-refractivity contribution in [3.05, 3.63) is 89.5 Å². The van der Waals surface area contributed by atoms with E-state index in [2.05, 4.69) is 54.1 Å². The SMILES string of the molecule is Cc1cccc(-c2ccc(C3CCN(C(=O)c4ccc5nccnc5c4)CC3)nc2)c1C. The number of piperidine rings is 1. The highest BCUT2D eigenvalue weighted by molar-refractivity contribution is 5.97. The van der Waals surface area contributed by atoms with Crippen molar-refractivity contribution in [1.82, 2.24) is 19.9 Å². The number of hydrogen-bond donors (Lipinski definition) is 0. The molecule has 5 nitrogen and oxygen atoms in total. The first kappa shape index (κ1) is 20.3. The summed E-state index contributed by atoms with van der Waals surface area (Å²) >= 11 is 0. The number of carbonyl (C=O) groups excluding carboxylic acids is 1. The van der Waals surface area contributed by atoms with Crippen molar-refractivity contribution in [1.29, 1.82) is 0 Å². The number of carbonyl (C=O) groups is 1. The van der Waals surface area contributed by atoms with Gasteiger partial charge in [0.1, 0.15) is 0 Å². The molecule has 2 aromatic carbocycles. The van der Waals surface area contributed by atoms with Gasteiger partial charge in [0.2, 0.25) is 0 Å². The third kappa shape index (κ3) is 3.86. The van der Waals surface area contributed by atoms with Crippen LogP contribution in [0.25, 0.3) is 22.2 Å². The molecule has 0 N–H and O–H groups in total. The Bertz CT molecular complexity index is 1270. The first-order valence-corrected chi connectivity index (χ1v) is 11.1. The van der Waals surface area contributed by atoms with Gasteiger partial charge < -0.3 is 4.90 Å². The van der Waals surface area contributed by atoms with E-state index in [4.69, 9.17) is 4.98 Å². The molecular weight excluding hydrogens is 396 g/mol. The Morgan fingerprint density at radius 1 is 0.906 bits per heavy atom. The smallest absolute Gasteiger partial charge is 0.253 e. The van der Waals surface area contributed by atoms with Crippen molar-refractivity contribution in [2.24, 2.45) is 0 Å². The zero-order valence-electron chi connectivity index (χ0n) is 18.5. The number of hydrogen-bond acceptors (Lipinski definition) is 4. The lowest BCUT2D eigenvalue weighted by Crippen LogP contribution is -2.38. The predicted octanol–water partition coefficient (Wildman–Crippen LogP) is 5.33. The lowest BCUT2D eigenvalue weighted by Gasteiger charge is -2.32. The summed E-state index contributed by atoms with van der Waals surface area (Å²) in [5.74, 6) is 0.448. The monoisotopic (exact) mass is 422 g/mol. The van der Waals surface area contributed by atoms with E-state index in [0.29, 0.717) is 11.5 Å². The molecule has 2 aromatic heterocycles. The first-order chi connectivity index (χ1) is 15.6. The molecule has 5 rings (SSSR count). The van der Waals surface area contributed by atoms with Gasteiger partial charge in [-0.3, -0.25) is 19.7 Å². The van der Waals surface area contributed by atoms with Gasteiger partial charge in [0.25, 0.3) is 5.91 Å². The molecule has 0 radical (unpaired) electrons. The number of likely N-dealkylation sites (tertiary alicyclic amines) is 1. The number of nitrogens with zero attached hydrogens (tertiary/aromatic N) is 4. The van der Waals surface area contributed by atoms with Gasteiger partial charge in [0.15, 0.2) is 0 Å². The fraction of sp³-hybridized carbons (Fsp3) is 0.259. The normalized spacial score (nSPS) is 14.6. The van der Waals surface area contributed by atoms with Crippen LogP contribution in [0, 0.1) is 13.8 Å². The molecule has 32 heavy (non-hydrogen) atoms. The number of aryl methyl sites for hydroxylation is 1. The van der Waals surface area contributed by atoms with Gasteiger partial charge in [-0.2, -0.15) is 0 Å². The van der Waals surface area contributed by atoms with E-state index in [1.165, 1.54) is 16.7 Å². The van der Waals surface area contributed by atoms with E-state index >= 15 is 0 Å². The summed E-state index contributed by atoms with van der Waals surface area (Å²) in [5, 5.41) is 0. The summed E-state index contributed by atoms with van der Waals surface area (Å²) in [6.07, 6.45) is 7.16. The fourth-order valence-corrected chi connectivity index (χ4v) is 4.53. The zero-order chi connectivity index (χ0) is 22.1. The molecule has 0 spiro atoms. The van der Waals surface area contributed by atoms with Crippen molar-refractivity contribution >= 4 is 16.9 Å². The Hall–Kier alpha value is -3.60. The number of aromatic nitrogens is 3. The van der Waals surface area contributed by atoms with Crippen LogP contribution in [0.15, 0.2) is 67.1 Å². The second-order valence-corrected chi connectivity index (χ2v) is 8.55. The quantitative estimate of drug-likeness (QED) is 0.448. The van der Waals surface area contributed by atoms with Crippen LogP contribution in [0.3, 0.4) is 0 Å². The third-order valence-electron chi connectivity index (χ3n) is 6.62. The van der Waals surface area contributed by atoms with Crippen molar-refractivity contribution in [2.45, 2.75) is 32.6 Å². The van der Waals surface area contributed by atoms with Gasteiger partial charge in [-0.15, -0.1) is 0 Å². The van der Waals surface area contributed by atoms with Crippen molar-refractivity contribution in [2.75, 3.05) is 13.1 Å². The first-order valence-electron chi connectivity index (χ1n) is 11.1. The average Bonchev–Trinajstić information content (AvgIpc) is 2.85. The third-order valence-corrected chi connectivity index (χ3v) is 6.62. The summed E-state index contributed by atoms with van der Waals surface area (Å²) in [6.45, 7) is 5.78. The van der Waals surface area contributed by atoms with E-state index in [0.717, 1.165) is 48.2 Å². The molecule has 0 aliphatic carbocycles. The number of benzene rings is 2. The molecule has 160 valence electrons. The van der Waals surface area contributed by atoms with Crippen LogP contribution in [0.2, 0.25) is 0 Å². The lowest BCUT2D eigenvalue weighted by atomic mass is 9.91. The summed E-state index contributed by atoms with van der Waals surface area (Å²) in [6, 6.07) is 16.3. The molecule has 1 aliphatic rings. The lowest BCUT2D eigenvalue weighted by molar-refractivity contribution is 0.0712. The molecule has 1 amide bonds. The Morgan fingerprint density at radius 3 is 2.44 bits per heavy atom. The van der Waals surface area contributed by atoms with Gasteiger partial charge >= 0.3 is 0 Å². The van der Waals surface area contributed by atoms with Crippen LogP contribution in [0.1, 0.15) is 45.9 Å². The summed E-state index contributed by atoms with van der Waals surface area (Å²) in [7, 11) is 0. The van der Waals surface area contributed by atoms with E-state index < -0.39 is 0 Å². The summed E-state index contributed by atoms with van der Waals surface area (Å²) in [5.41, 5.74) is 8.33. The highest BCUT2D eigenvalue weighted by Crippen LogP contribution is 2.30. The Balaban J connectivity index is 1.26. The number of amides is 1. The number of rotatable bonds is 3. The molecule has 1 fully saturated rings. The molecule has 0 saturated carbocycles. The summed E-state index contributed by atoms with van der Waals surface area (Å²) < 4.78 is 0. The molecule has 3 heterocycles. The van der Waals surface area contributed by atoms with Gasteiger partial charge in [0.05, 0.1) is 11.0 Å². The minimum Gasteiger partial charge on any atom is -0.339 e. The van der Waals surface area contributed by atoms with Crippen LogP contribution in [0.5, 0.6) is 0 Å². The van der Waals surface area contributed by atoms with E-state index in [-0.39, 0.29) is 5.91 Å². The van der Waals surface area contributed by atoms with Crippen LogP contribution in [-0.2, 0) is 0 Å². The molecule has 0 unspecified atom stereocenters. The van der Waals surface area contributed by atoms with Gasteiger partial charge in [-0.1, -0.05) is 24.3 Å². The second kappa shape index (κ2) is 8.50. The average molecular weight is 423 g/mol. The molecule has 0 atom stereocenters. The van der Waals surface area contributed by atoms with Crippen LogP contribution in [0.4, 0.5) is 0 Å². The molecule has 4 aromatic rings. The van der Waals surface area contributed by atoms with Crippen molar-refractivity contribution < 1.29 is 4.79 Å². The Morgan fingerprint density at radius 2 is 1.69 bits per heavy atom. The standard InChI is InChI=1S/C27H26N4O/c1-18-4-3-5-23(19(18)2)22-7-8-24(30-17-22)20-10-14-31(15-11-20)27(32)21-6-9-25-26(16-21)29-13-12-28-25/h3-9,12-13,16-17,20H,10-11,14-15H2,1-2H3. The maximum Gasteiger partial charge on any atom is 0.253 e. The minimum absolute atomic E-state index is 0.0641. The van der Waals surface area contributed by atoms with Gasteiger partial charge in [0, 0.05) is 54.4 Å². The minimum atomic E-state index is 0.0641. The highest BCUT2D eigenvalue weighted by Gasteiger charge is 2.25. The fourth-order valence-electron chi connectivity index (χ4n) is 4.53. The Kier molecular flexibility index (Phi) is 5.39. The maximum atomic E-state index is 13.0.